The van der Waals surface area contributed by atoms with Crippen molar-refractivity contribution in [2.75, 3.05) is 4.90 Å². The highest BCUT2D eigenvalue weighted by Gasteiger charge is 2.18. The van der Waals surface area contributed by atoms with Crippen molar-refractivity contribution in [2.45, 2.75) is 19.4 Å². The highest BCUT2D eigenvalue weighted by molar-refractivity contribution is 7.09. The molecule has 0 saturated carbocycles. The molecule has 132 valence electrons. The first-order valence-corrected chi connectivity index (χ1v) is 9.34. The Kier molecular flexibility index (Phi) is 6.17. The van der Waals surface area contributed by atoms with Crippen molar-refractivity contribution in [2.24, 2.45) is 0 Å². The number of carbonyl (C=O) groups is 2. The average molecular weight is 364 g/mol. The van der Waals surface area contributed by atoms with E-state index in [1.807, 2.05) is 78.2 Å². The zero-order valence-corrected chi connectivity index (χ0v) is 15.1. The highest BCUT2D eigenvalue weighted by atomic mass is 32.1. The van der Waals surface area contributed by atoms with Crippen LogP contribution in [0, 0.1) is 0 Å². The molecule has 2 amide bonds. The van der Waals surface area contributed by atoms with Crippen LogP contribution in [0.2, 0.25) is 0 Å². The monoisotopic (exact) mass is 364 g/mol. The second-order valence-electron chi connectivity index (χ2n) is 5.76. The predicted molar refractivity (Wildman–Crippen MR) is 105 cm³/mol. The maximum atomic E-state index is 12.8. The van der Waals surface area contributed by atoms with E-state index in [-0.39, 0.29) is 24.7 Å². The molecule has 0 atom stereocenters. The topological polar surface area (TPSA) is 49.4 Å². The van der Waals surface area contributed by atoms with Gasteiger partial charge in [0, 0.05) is 29.1 Å². The van der Waals surface area contributed by atoms with Crippen LogP contribution in [0.1, 0.15) is 17.7 Å². The van der Waals surface area contributed by atoms with Crippen LogP contribution in [-0.4, -0.2) is 11.8 Å². The van der Waals surface area contributed by atoms with Crippen molar-refractivity contribution in [3.8, 4) is 0 Å². The van der Waals surface area contributed by atoms with Gasteiger partial charge < -0.3 is 5.32 Å². The Labute approximate surface area is 157 Å². The molecule has 0 unspecified atom stereocenters. The van der Waals surface area contributed by atoms with Gasteiger partial charge in [-0.3, -0.25) is 14.5 Å². The molecule has 1 aromatic heterocycles. The minimum Gasteiger partial charge on any atom is -0.351 e. The Hall–Kier alpha value is -2.92. The number of benzene rings is 2. The van der Waals surface area contributed by atoms with E-state index in [4.69, 9.17) is 0 Å². The molecule has 0 aliphatic heterocycles. The minimum absolute atomic E-state index is 0.103. The van der Waals surface area contributed by atoms with Crippen LogP contribution < -0.4 is 10.2 Å². The van der Waals surface area contributed by atoms with Crippen LogP contribution in [0.5, 0.6) is 0 Å². The lowest BCUT2D eigenvalue weighted by Crippen LogP contribution is -2.28. The fraction of sp³-hybridized carbons (Fsp3) is 0.143. The van der Waals surface area contributed by atoms with Gasteiger partial charge in [-0.1, -0.05) is 42.5 Å². The smallest absolute Gasteiger partial charge is 0.232 e. The molecule has 0 spiro atoms. The number of hydrogen-bond donors (Lipinski definition) is 1. The number of carbonyl (C=O) groups excluding carboxylic acids is 2. The molecular weight excluding hydrogens is 344 g/mol. The Bertz CT molecular complexity index is 793. The molecule has 0 bridgehead atoms. The molecular formula is C21H20N2O2S. The van der Waals surface area contributed by atoms with Gasteiger partial charge in [-0.2, -0.15) is 0 Å². The number of nitrogens with zero attached hydrogens (tertiary/aromatic N) is 1. The molecule has 0 aliphatic carbocycles. The highest BCUT2D eigenvalue weighted by Crippen LogP contribution is 2.26. The van der Waals surface area contributed by atoms with E-state index in [0.717, 1.165) is 16.3 Å². The normalized spacial score (nSPS) is 10.3. The number of rotatable bonds is 7. The van der Waals surface area contributed by atoms with Gasteiger partial charge in [-0.05, 0) is 35.7 Å². The van der Waals surface area contributed by atoms with Crippen LogP contribution in [0.4, 0.5) is 11.4 Å². The standard InChI is InChI=1S/C21H20N2O2S/c24-20(22-16-19-12-7-15-26-19)13-14-21(25)23(17-8-3-1-4-9-17)18-10-5-2-6-11-18/h1-12,15H,13-14,16H2,(H,22,24). The third kappa shape index (κ3) is 4.80. The molecule has 4 nitrogen and oxygen atoms in total. The molecule has 3 rings (SSSR count). The number of para-hydroxylation sites is 2. The fourth-order valence-electron chi connectivity index (χ4n) is 2.61. The van der Waals surface area contributed by atoms with Gasteiger partial charge in [0.2, 0.25) is 11.8 Å². The first kappa shape index (κ1) is 17.9. The molecule has 2 aromatic carbocycles. The molecule has 0 saturated heterocycles. The van der Waals surface area contributed by atoms with Crippen LogP contribution in [0.3, 0.4) is 0 Å². The van der Waals surface area contributed by atoms with E-state index < -0.39 is 0 Å². The molecule has 0 radical (unpaired) electrons. The summed E-state index contributed by atoms with van der Waals surface area (Å²) in [6, 6.07) is 22.9. The van der Waals surface area contributed by atoms with E-state index in [2.05, 4.69) is 5.32 Å². The summed E-state index contributed by atoms with van der Waals surface area (Å²) < 4.78 is 0. The van der Waals surface area contributed by atoms with Crippen LogP contribution >= 0.6 is 11.3 Å². The zero-order valence-electron chi connectivity index (χ0n) is 14.3. The van der Waals surface area contributed by atoms with Crippen LogP contribution in [-0.2, 0) is 16.1 Å². The Morgan fingerprint density at radius 1 is 0.808 bits per heavy atom. The second kappa shape index (κ2) is 8.97. The molecule has 5 heteroatoms. The van der Waals surface area contributed by atoms with Gasteiger partial charge in [0.05, 0.1) is 6.54 Å². The van der Waals surface area contributed by atoms with Gasteiger partial charge in [0.25, 0.3) is 0 Å². The quantitative estimate of drug-likeness (QED) is 0.671. The third-order valence-electron chi connectivity index (χ3n) is 3.88. The fourth-order valence-corrected chi connectivity index (χ4v) is 3.26. The average Bonchev–Trinajstić information content (AvgIpc) is 3.20. The van der Waals surface area contributed by atoms with Crippen molar-refractivity contribution >= 4 is 34.5 Å². The molecule has 0 aliphatic rings. The lowest BCUT2D eigenvalue weighted by atomic mass is 10.2. The summed E-state index contributed by atoms with van der Waals surface area (Å²) >= 11 is 1.60. The number of amides is 2. The first-order valence-electron chi connectivity index (χ1n) is 8.46. The molecule has 0 fully saturated rings. The number of hydrogen-bond acceptors (Lipinski definition) is 3. The number of anilines is 2. The largest absolute Gasteiger partial charge is 0.351 e. The summed E-state index contributed by atoms with van der Waals surface area (Å²) in [5.74, 6) is -0.221. The van der Waals surface area contributed by atoms with Gasteiger partial charge in [0.1, 0.15) is 0 Å². The summed E-state index contributed by atoms with van der Waals surface area (Å²) in [5.41, 5.74) is 1.59. The molecule has 1 N–H and O–H groups in total. The van der Waals surface area contributed by atoms with Crippen LogP contribution in [0.15, 0.2) is 78.2 Å². The predicted octanol–water partition coefficient (Wildman–Crippen LogP) is 4.51. The molecule has 1 heterocycles. The number of thiophene rings is 1. The van der Waals surface area contributed by atoms with E-state index in [1.54, 1.807) is 16.2 Å². The maximum Gasteiger partial charge on any atom is 0.232 e. The van der Waals surface area contributed by atoms with Crippen molar-refractivity contribution in [3.63, 3.8) is 0 Å². The summed E-state index contributed by atoms with van der Waals surface area (Å²) in [6.45, 7) is 0.506. The van der Waals surface area contributed by atoms with E-state index in [1.165, 1.54) is 0 Å². The van der Waals surface area contributed by atoms with Crippen LogP contribution in [0.25, 0.3) is 0 Å². The lowest BCUT2D eigenvalue weighted by Gasteiger charge is -2.23. The Balaban J connectivity index is 1.63. The second-order valence-corrected chi connectivity index (χ2v) is 6.79. The van der Waals surface area contributed by atoms with Crippen molar-refractivity contribution in [3.05, 3.63) is 83.1 Å². The summed E-state index contributed by atoms with van der Waals surface area (Å²) in [7, 11) is 0. The van der Waals surface area contributed by atoms with Crippen molar-refractivity contribution in [1.82, 2.24) is 5.32 Å². The van der Waals surface area contributed by atoms with Gasteiger partial charge in [-0.15, -0.1) is 11.3 Å². The summed E-state index contributed by atoms with van der Waals surface area (Å²) in [4.78, 5) is 27.6. The molecule has 3 aromatic rings. The summed E-state index contributed by atoms with van der Waals surface area (Å²) in [6.07, 6.45) is 0.320. The lowest BCUT2D eigenvalue weighted by molar-refractivity contribution is -0.125. The third-order valence-corrected chi connectivity index (χ3v) is 4.76. The van der Waals surface area contributed by atoms with E-state index in [0.29, 0.717) is 6.54 Å². The number of nitrogens with one attached hydrogen (secondary N) is 1. The zero-order chi connectivity index (χ0) is 18.2. The van der Waals surface area contributed by atoms with E-state index in [9.17, 15) is 9.59 Å². The van der Waals surface area contributed by atoms with E-state index >= 15 is 0 Å². The van der Waals surface area contributed by atoms with Crippen molar-refractivity contribution in [1.29, 1.82) is 0 Å². The maximum absolute atomic E-state index is 12.8. The SMILES string of the molecule is O=C(CCC(=O)N(c1ccccc1)c1ccccc1)NCc1cccs1. The van der Waals surface area contributed by atoms with Crippen molar-refractivity contribution < 1.29 is 9.59 Å². The first-order chi connectivity index (χ1) is 12.7. The minimum atomic E-state index is -0.118. The Morgan fingerprint density at radius 2 is 1.42 bits per heavy atom. The van der Waals surface area contributed by atoms with Gasteiger partial charge >= 0.3 is 0 Å². The molecule has 26 heavy (non-hydrogen) atoms. The Morgan fingerprint density at radius 3 is 1.96 bits per heavy atom. The van der Waals surface area contributed by atoms with Gasteiger partial charge in [0.15, 0.2) is 0 Å². The summed E-state index contributed by atoms with van der Waals surface area (Å²) in [5, 5.41) is 4.83. The van der Waals surface area contributed by atoms with Gasteiger partial charge in [-0.25, -0.2) is 0 Å².